The molecule has 0 aliphatic carbocycles. The van der Waals surface area contributed by atoms with E-state index in [1.54, 1.807) is 0 Å². The molecule has 15 heavy (non-hydrogen) atoms. The summed E-state index contributed by atoms with van der Waals surface area (Å²) in [7, 11) is 0. The molecule has 1 aromatic heterocycles. The van der Waals surface area contributed by atoms with Gasteiger partial charge in [-0.1, -0.05) is 11.6 Å². The molecule has 2 N–H and O–H groups in total. The number of hydrogen-bond donors (Lipinski definition) is 1. The Morgan fingerprint density at radius 1 is 1.53 bits per heavy atom. The van der Waals surface area contributed by atoms with E-state index in [-0.39, 0.29) is 16.2 Å². The highest BCUT2D eigenvalue weighted by Gasteiger charge is 2.33. The Bertz CT molecular complexity index is 372. The van der Waals surface area contributed by atoms with Crippen LogP contribution in [0.25, 0.3) is 0 Å². The zero-order chi connectivity index (χ0) is 11.6. The third kappa shape index (κ3) is 3.22. The molecule has 84 valence electrons. The summed E-state index contributed by atoms with van der Waals surface area (Å²) in [5, 5.41) is -0.378. The fourth-order valence-electron chi connectivity index (χ4n) is 0.831. The minimum Gasteiger partial charge on any atom is -0.401 e. The maximum Gasteiger partial charge on any atom is 0.573 e. The van der Waals surface area contributed by atoms with E-state index in [1.165, 1.54) is 6.20 Å². The standard InChI is InChI=1S/C7H5BrClF3N2O/c8-4-3(1-13)2-14-6(9)5(4)15-7(10,11)12/h2H,1,13H2. The van der Waals surface area contributed by atoms with Crippen molar-refractivity contribution < 1.29 is 17.9 Å². The van der Waals surface area contributed by atoms with Gasteiger partial charge in [0.05, 0.1) is 4.47 Å². The van der Waals surface area contributed by atoms with Crippen molar-refractivity contribution in [1.29, 1.82) is 0 Å². The summed E-state index contributed by atoms with van der Waals surface area (Å²) in [5.74, 6) is -0.577. The SMILES string of the molecule is NCc1cnc(Cl)c(OC(F)(F)F)c1Br. The first-order valence-corrected chi connectivity index (χ1v) is 4.81. The average molecular weight is 305 g/mol. The van der Waals surface area contributed by atoms with Gasteiger partial charge in [-0.25, -0.2) is 4.98 Å². The van der Waals surface area contributed by atoms with Crippen LogP contribution < -0.4 is 10.5 Å². The van der Waals surface area contributed by atoms with Crippen LogP contribution >= 0.6 is 27.5 Å². The second kappa shape index (κ2) is 4.54. The summed E-state index contributed by atoms with van der Waals surface area (Å²) in [6.07, 6.45) is -3.54. The molecule has 0 spiro atoms. The van der Waals surface area contributed by atoms with E-state index < -0.39 is 12.1 Å². The van der Waals surface area contributed by atoms with Crippen LogP contribution in [0.2, 0.25) is 5.15 Å². The lowest BCUT2D eigenvalue weighted by molar-refractivity contribution is -0.275. The Balaban J connectivity index is 3.15. The first kappa shape index (κ1) is 12.5. The molecule has 0 saturated heterocycles. The van der Waals surface area contributed by atoms with Gasteiger partial charge in [-0.3, -0.25) is 0 Å². The lowest BCUT2D eigenvalue weighted by Gasteiger charge is -2.13. The Kier molecular flexibility index (Phi) is 3.80. The molecule has 1 heterocycles. The molecular formula is C7H5BrClF3N2O. The highest BCUT2D eigenvalue weighted by Crippen LogP contribution is 2.37. The molecule has 1 aromatic rings. The lowest BCUT2D eigenvalue weighted by atomic mass is 10.3. The Morgan fingerprint density at radius 2 is 2.13 bits per heavy atom. The summed E-state index contributed by atoms with van der Waals surface area (Å²) < 4.78 is 39.7. The predicted octanol–water partition coefficient (Wildman–Crippen LogP) is 2.85. The van der Waals surface area contributed by atoms with Gasteiger partial charge >= 0.3 is 6.36 Å². The molecule has 0 unspecified atom stereocenters. The maximum atomic E-state index is 12.0. The van der Waals surface area contributed by atoms with Crippen LogP contribution in [0.15, 0.2) is 10.7 Å². The Morgan fingerprint density at radius 3 is 2.60 bits per heavy atom. The third-order valence-corrected chi connectivity index (χ3v) is 2.58. The first-order valence-electron chi connectivity index (χ1n) is 3.64. The zero-order valence-electron chi connectivity index (χ0n) is 7.11. The van der Waals surface area contributed by atoms with Crippen LogP contribution in [0.4, 0.5) is 13.2 Å². The normalized spacial score (nSPS) is 11.6. The summed E-state index contributed by atoms with van der Waals surface area (Å²) in [5.41, 5.74) is 5.66. The molecule has 0 bridgehead atoms. The minimum atomic E-state index is -4.82. The van der Waals surface area contributed by atoms with E-state index in [4.69, 9.17) is 17.3 Å². The highest BCUT2D eigenvalue weighted by molar-refractivity contribution is 9.10. The van der Waals surface area contributed by atoms with Crippen molar-refractivity contribution in [3.63, 3.8) is 0 Å². The van der Waals surface area contributed by atoms with Crippen molar-refractivity contribution in [3.05, 3.63) is 21.4 Å². The molecule has 0 aromatic carbocycles. The van der Waals surface area contributed by atoms with Crippen LogP contribution in [0.1, 0.15) is 5.56 Å². The Hall–Kier alpha value is -0.530. The van der Waals surface area contributed by atoms with Gasteiger partial charge in [0.15, 0.2) is 10.9 Å². The number of aromatic nitrogens is 1. The first-order chi connectivity index (χ1) is 6.85. The van der Waals surface area contributed by atoms with E-state index in [0.29, 0.717) is 5.56 Å². The van der Waals surface area contributed by atoms with Gasteiger partial charge in [0.2, 0.25) is 0 Å². The van der Waals surface area contributed by atoms with Gasteiger partial charge < -0.3 is 10.5 Å². The third-order valence-electron chi connectivity index (χ3n) is 1.44. The van der Waals surface area contributed by atoms with Gasteiger partial charge in [-0.2, -0.15) is 0 Å². The molecule has 0 aliphatic heterocycles. The van der Waals surface area contributed by atoms with Gasteiger partial charge in [-0.15, -0.1) is 13.2 Å². The van der Waals surface area contributed by atoms with E-state index in [9.17, 15) is 13.2 Å². The number of rotatable bonds is 2. The van der Waals surface area contributed by atoms with Crippen molar-refractivity contribution >= 4 is 27.5 Å². The summed E-state index contributed by atoms with van der Waals surface area (Å²) in [4.78, 5) is 3.53. The van der Waals surface area contributed by atoms with E-state index in [0.717, 1.165) is 0 Å². The average Bonchev–Trinajstić information content (AvgIpc) is 2.11. The van der Waals surface area contributed by atoms with Gasteiger partial charge in [-0.05, 0) is 15.9 Å². The molecule has 8 heteroatoms. The Labute approximate surface area is 96.5 Å². The molecule has 1 rings (SSSR count). The molecule has 0 atom stereocenters. The molecule has 0 fully saturated rings. The number of pyridine rings is 1. The summed E-state index contributed by atoms with van der Waals surface area (Å²) >= 11 is 8.37. The largest absolute Gasteiger partial charge is 0.573 e. The topological polar surface area (TPSA) is 48.1 Å². The monoisotopic (exact) mass is 304 g/mol. The maximum absolute atomic E-state index is 12.0. The number of halogens is 5. The van der Waals surface area contributed by atoms with Crippen molar-refractivity contribution in [2.24, 2.45) is 5.73 Å². The molecular weight excluding hydrogens is 300 g/mol. The number of nitrogens with zero attached hydrogens (tertiary/aromatic N) is 1. The van der Waals surface area contributed by atoms with E-state index in [2.05, 4.69) is 25.7 Å². The molecule has 0 amide bonds. The minimum absolute atomic E-state index is 0.0268. The lowest BCUT2D eigenvalue weighted by Crippen LogP contribution is -2.18. The van der Waals surface area contributed by atoms with Crippen LogP contribution in [-0.4, -0.2) is 11.3 Å². The number of nitrogens with two attached hydrogens (primary N) is 1. The van der Waals surface area contributed by atoms with Crippen LogP contribution in [0, 0.1) is 0 Å². The molecule has 3 nitrogen and oxygen atoms in total. The second-order valence-electron chi connectivity index (χ2n) is 2.47. The van der Waals surface area contributed by atoms with Crippen LogP contribution in [0.3, 0.4) is 0 Å². The molecule has 0 radical (unpaired) electrons. The van der Waals surface area contributed by atoms with Gasteiger partial charge in [0, 0.05) is 18.3 Å². The summed E-state index contributed by atoms with van der Waals surface area (Å²) in [6.45, 7) is 0.0268. The zero-order valence-corrected chi connectivity index (χ0v) is 9.45. The fourth-order valence-corrected chi connectivity index (χ4v) is 1.66. The smallest absolute Gasteiger partial charge is 0.401 e. The molecule has 0 aliphatic rings. The second-order valence-corrected chi connectivity index (χ2v) is 3.62. The van der Waals surface area contributed by atoms with Gasteiger partial charge in [0.1, 0.15) is 0 Å². The van der Waals surface area contributed by atoms with Crippen molar-refractivity contribution in [2.45, 2.75) is 12.9 Å². The fraction of sp³-hybridized carbons (Fsp3) is 0.286. The predicted molar refractivity (Wildman–Crippen MR) is 51.5 cm³/mol. The van der Waals surface area contributed by atoms with Crippen molar-refractivity contribution in [3.8, 4) is 5.75 Å². The number of hydrogen-bond acceptors (Lipinski definition) is 3. The van der Waals surface area contributed by atoms with Crippen LogP contribution in [-0.2, 0) is 6.54 Å². The quantitative estimate of drug-likeness (QED) is 0.855. The molecule has 0 saturated carbocycles. The van der Waals surface area contributed by atoms with Crippen molar-refractivity contribution in [2.75, 3.05) is 0 Å². The van der Waals surface area contributed by atoms with E-state index >= 15 is 0 Å². The van der Waals surface area contributed by atoms with Gasteiger partial charge in [0.25, 0.3) is 0 Å². The number of alkyl halides is 3. The van der Waals surface area contributed by atoms with E-state index in [1.807, 2.05) is 0 Å². The summed E-state index contributed by atoms with van der Waals surface area (Å²) in [6, 6.07) is 0. The van der Waals surface area contributed by atoms with Crippen molar-refractivity contribution in [1.82, 2.24) is 4.98 Å². The number of ether oxygens (including phenoxy) is 1. The van der Waals surface area contributed by atoms with Crippen LogP contribution in [0.5, 0.6) is 5.75 Å². The highest BCUT2D eigenvalue weighted by atomic mass is 79.9.